The standard InChI is InChI=1S/C12H22N2O/c1-11(2,3)14-8-4-5-12(9-14)6-7-13-10(12)15/h4-9H2,1-3H3,(H,13,15). The summed E-state index contributed by atoms with van der Waals surface area (Å²) in [7, 11) is 0. The summed E-state index contributed by atoms with van der Waals surface area (Å²) in [5, 5.41) is 2.99. The maximum absolute atomic E-state index is 11.9. The molecule has 2 heterocycles. The lowest BCUT2D eigenvalue weighted by molar-refractivity contribution is -0.131. The number of hydrogen-bond acceptors (Lipinski definition) is 2. The summed E-state index contributed by atoms with van der Waals surface area (Å²) < 4.78 is 0. The first-order chi connectivity index (χ1) is 6.94. The molecule has 1 amide bonds. The van der Waals surface area contributed by atoms with Crippen LogP contribution in [0.1, 0.15) is 40.0 Å². The number of nitrogens with zero attached hydrogens (tertiary/aromatic N) is 1. The number of amides is 1. The van der Waals surface area contributed by atoms with E-state index in [1.54, 1.807) is 0 Å². The lowest BCUT2D eigenvalue weighted by Crippen LogP contribution is -2.53. The molecule has 3 heteroatoms. The normalized spacial score (nSPS) is 33.4. The van der Waals surface area contributed by atoms with Crippen LogP contribution in [0.15, 0.2) is 0 Å². The van der Waals surface area contributed by atoms with Crippen molar-refractivity contribution in [1.29, 1.82) is 0 Å². The number of piperidine rings is 1. The molecule has 0 saturated carbocycles. The van der Waals surface area contributed by atoms with Gasteiger partial charge in [0.15, 0.2) is 0 Å². The van der Waals surface area contributed by atoms with Gasteiger partial charge in [0.2, 0.25) is 5.91 Å². The van der Waals surface area contributed by atoms with E-state index < -0.39 is 0 Å². The SMILES string of the molecule is CC(C)(C)N1CCCC2(CCNC2=O)C1. The van der Waals surface area contributed by atoms with E-state index >= 15 is 0 Å². The predicted molar refractivity (Wildman–Crippen MR) is 60.6 cm³/mol. The first kappa shape index (κ1) is 10.9. The van der Waals surface area contributed by atoms with Crippen molar-refractivity contribution in [2.24, 2.45) is 5.41 Å². The first-order valence-electron chi connectivity index (χ1n) is 5.97. The van der Waals surface area contributed by atoms with Crippen molar-refractivity contribution in [3.8, 4) is 0 Å². The fourth-order valence-electron chi connectivity index (χ4n) is 2.81. The minimum absolute atomic E-state index is 0.0640. The van der Waals surface area contributed by atoms with Gasteiger partial charge in [-0.25, -0.2) is 0 Å². The van der Waals surface area contributed by atoms with Gasteiger partial charge < -0.3 is 5.32 Å². The monoisotopic (exact) mass is 210 g/mol. The summed E-state index contributed by atoms with van der Waals surface area (Å²) >= 11 is 0. The molecule has 86 valence electrons. The lowest BCUT2D eigenvalue weighted by atomic mass is 9.77. The van der Waals surface area contributed by atoms with E-state index in [2.05, 4.69) is 31.0 Å². The summed E-state index contributed by atoms with van der Waals surface area (Å²) in [5.74, 6) is 0.288. The Labute approximate surface area is 92.2 Å². The zero-order valence-electron chi connectivity index (χ0n) is 10.1. The molecule has 2 rings (SSSR count). The highest BCUT2D eigenvalue weighted by molar-refractivity contribution is 5.85. The molecule has 0 bridgehead atoms. The van der Waals surface area contributed by atoms with Gasteiger partial charge in [0, 0.05) is 18.6 Å². The summed E-state index contributed by atoms with van der Waals surface area (Å²) in [5.41, 5.74) is 0.127. The van der Waals surface area contributed by atoms with E-state index in [-0.39, 0.29) is 16.9 Å². The molecule has 0 aliphatic carbocycles. The van der Waals surface area contributed by atoms with E-state index in [0.717, 1.165) is 38.9 Å². The van der Waals surface area contributed by atoms with Gasteiger partial charge in [0.05, 0.1) is 5.41 Å². The van der Waals surface area contributed by atoms with Crippen molar-refractivity contribution in [3.05, 3.63) is 0 Å². The first-order valence-corrected chi connectivity index (χ1v) is 5.97. The molecule has 1 N–H and O–H groups in total. The van der Waals surface area contributed by atoms with Gasteiger partial charge in [-0.1, -0.05) is 0 Å². The molecule has 1 spiro atoms. The van der Waals surface area contributed by atoms with Crippen LogP contribution in [0.3, 0.4) is 0 Å². The van der Waals surface area contributed by atoms with E-state index in [0.29, 0.717) is 0 Å². The topological polar surface area (TPSA) is 32.3 Å². The third-order valence-electron chi connectivity index (χ3n) is 3.90. The molecule has 3 nitrogen and oxygen atoms in total. The van der Waals surface area contributed by atoms with Crippen molar-refractivity contribution in [2.75, 3.05) is 19.6 Å². The second-order valence-corrected chi connectivity index (χ2v) is 5.98. The second kappa shape index (κ2) is 3.48. The number of likely N-dealkylation sites (tertiary alicyclic amines) is 1. The maximum Gasteiger partial charge on any atom is 0.227 e. The molecule has 0 aromatic carbocycles. The number of nitrogens with one attached hydrogen (secondary N) is 1. The van der Waals surface area contributed by atoms with Crippen molar-refractivity contribution in [2.45, 2.75) is 45.6 Å². The average Bonchev–Trinajstić information content (AvgIpc) is 2.47. The Morgan fingerprint density at radius 2 is 2.07 bits per heavy atom. The van der Waals surface area contributed by atoms with Crippen LogP contribution < -0.4 is 5.32 Å². The third kappa shape index (κ3) is 1.89. The van der Waals surface area contributed by atoms with Gasteiger partial charge in [0.1, 0.15) is 0 Å². The fourth-order valence-corrected chi connectivity index (χ4v) is 2.81. The Hall–Kier alpha value is -0.570. The molecule has 15 heavy (non-hydrogen) atoms. The molecule has 0 radical (unpaired) electrons. The molecule has 2 aliphatic heterocycles. The highest BCUT2D eigenvalue weighted by Crippen LogP contribution is 2.38. The molecule has 2 fully saturated rings. The van der Waals surface area contributed by atoms with Gasteiger partial charge in [-0.15, -0.1) is 0 Å². The van der Waals surface area contributed by atoms with Crippen molar-refractivity contribution < 1.29 is 4.79 Å². The molecular formula is C12H22N2O. The van der Waals surface area contributed by atoms with Crippen molar-refractivity contribution >= 4 is 5.91 Å². The van der Waals surface area contributed by atoms with E-state index in [4.69, 9.17) is 0 Å². The molecule has 1 atom stereocenters. The van der Waals surface area contributed by atoms with Crippen LogP contribution >= 0.6 is 0 Å². The molecule has 0 aromatic rings. The molecule has 0 aromatic heterocycles. The Kier molecular flexibility index (Phi) is 2.53. The lowest BCUT2D eigenvalue weighted by Gasteiger charge is -2.45. The Morgan fingerprint density at radius 1 is 1.33 bits per heavy atom. The molecular weight excluding hydrogens is 188 g/mol. The Balaban J connectivity index is 2.13. The van der Waals surface area contributed by atoms with E-state index in [1.165, 1.54) is 0 Å². The second-order valence-electron chi connectivity index (χ2n) is 5.98. The molecule has 2 aliphatic rings. The quantitative estimate of drug-likeness (QED) is 0.655. The summed E-state index contributed by atoms with van der Waals surface area (Å²) in [6, 6.07) is 0. The van der Waals surface area contributed by atoms with Gasteiger partial charge in [0.25, 0.3) is 0 Å². The zero-order chi connectivity index (χ0) is 11.1. The van der Waals surface area contributed by atoms with Crippen LogP contribution in [0, 0.1) is 5.41 Å². The third-order valence-corrected chi connectivity index (χ3v) is 3.90. The van der Waals surface area contributed by atoms with Gasteiger partial charge in [-0.3, -0.25) is 9.69 Å². The highest BCUT2D eigenvalue weighted by atomic mass is 16.2. The van der Waals surface area contributed by atoms with Crippen LogP contribution in [0.5, 0.6) is 0 Å². The number of carbonyl (C=O) groups excluding carboxylic acids is 1. The van der Waals surface area contributed by atoms with Crippen molar-refractivity contribution in [1.82, 2.24) is 10.2 Å². The minimum Gasteiger partial charge on any atom is -0.356 e. The van der Waals surface area contributed by atoms with E-state index in [9.17, 15) is 4.79 Å². The summed E-state index contributed by atoms with van der Waals surface area (Å²) in [6.45, 7) is 9.66. The smallest absolute Gasteiger partial charge is 0.227 e. The minimum atomic E-state index is -0.0640. The average molecular weight is 210 g/mol. The van der Waals surface area contributed by atoms with Crippen LogP contribution in [0.25, 0.3) is 0 Å². The number of hydrogen-bond donors (Lipinski definition) is 1. The summed E-state index contributed by atoms with van der Waals surface area (Å²) in [4.78, 5) is 14.3. The number of rotatable bonds is 0. The van der Waals surface area contributed by atoms with Crippen molar-refractivity contribution in [3.63, 3.8) is 0 Å². The zero-order valence-corrected chi connectivity index (χ0v) is 10.1. The fraction of sp³-hybridized carbons (Fsp3) is 0.917. The molecule has 2 saturated heterocycles. The Morgan fingerprint density at radius 3 is 2.60 bits per heavy atom. The number of carbonyl (C=O) groups is 1. The molecule has 1 unspecified atom stereocenters. The highest BCUT2D eigenvalue weighted by Gasteiger charge is 2.46. The van der Waals surface area contributed by atoms with Crippen LogP contribution in [0.4, 0.5) is 0 Å². The van der Waals surface area contributed by atoms with Gasteiger partial charge in [-0.2, -0.15) is 0 Å². The Bertz CT molecular complexity index is 269. The predicted octanol–water partition coefficient (Wildman–Crippen LogP) is 1.39. The van der Waals surface area contributed by atoms with Gasteiger partial charge >= 0.3 is 0 Å². The largest absolute Gasteiger partial charge is 0.356 e. The van der Waals surface area contributed by atoms with E-state index in [1.807, 2.05) is 0 Å². The summed E-state index contributed by atoms with van der Waals surface area (Å²) in [6.07, 6.45) is 3.26. The van der Waals surface area contributed by atoms with Crippen LogP contribution in [-0.4, -0.2) is 36.0 Å². The van der Waals surface area contributed by atoms with Gasteiger partial charge in [-0.05, 0) is 46.6 Å². The maximum atomic E-state index is 11.9. The van der Waals surface area contributed by atoms with Crippen LogP contribution in [-0.2, 0) is 4.79 Å². The van der Waals surface area contributed by atoms with Crippen LogP contribution in [0.2, 0.25) is 0 Å².